The van der Waals surface area contributed by atoms with E-state index in [1.54, 1.807) is 30.7 Å². The van der Waals surface area contributed by atoms with Gasteiger partial charge in [0.2, 0.25) is 0 Å². The van der Waals surface area contributed by atoms with Gasteiger partial charge in [0.1, 0.15) is 5.82 Å². The fourth-order valence-corrected chi connectivity index (χ4v) is 6.93. The molecule has 1 unspecified atom stereocenters. The Labute approximate surface area is 259 Å². The Kier molecular flexibility index (Phi) is 8.92. The van der Waals surface area contributed by atoms with Gasteiger partial charge in [-0.25, -0.2) is 14.8 Å². The number of amides is 3. The van der Waals surface area contributed by atoms with Crippen molar-refractivity contribution in [3.8, 4) is 0 Å². The summed E-state index contributed by atoms with van der Waals surface area (Å²) in [7, 11) is 0. The van der Waals surface area contributed by atoms with Crippen molar-refractivity contribution in [3.63, 3.8) is 0 Å². The van der Waals surface area contributed by atoms with Crippen molar-refractivity contribution in [2.24, 2.45) is 5.73 Å². The Morgan fingerprint density at radius 2 is 1.73 bits per heavy atom. The zero-order valence-electron chi connectivity index (χ0n) is 25.5. The van der Waals surface area contributed by atoms with Crippen LogP contribution >= 0.6 is 0 Å². The van der Waals surface area contributed by atoms with Crippen LogP contribution in [0.3, 0.4) is 0 Å². The third-order valence-electron chi connectivity index (χ3n) is 9.58. The number of likely N-dealkylation sites (tertiary alicyclic amines) is 1. The van der Waals surface area contributed by atoms with Gasteiger partial charge in [-0.1, -0.05) is 31.9 Å². The van der Waals surface area contributed by atoms with Gasteiger partial charge in [0.15, 0.2) is 11.5 Å². The van der Waals surface area contributed by atoms with Crippen LogP contribution in [0.2, 0.25) is 0 Å². The first-order valence-electron chi connectivity index (χ1n) is 15.9. The molecular formula is C33H43N9O2. The molecule has 2 saturated heterocycles. The third-order valence-corrected chi connectivity index (χ3v) is 9.58. The molecule has 3 aromatic rings. The number of rotatable bonds is 8. The average Bonchev–Trinajstić information content (AvgIpc) is 3.57. The number of pyridine rings is 1. The summed E-state index contributed by atoms with van der Waals surface area (Å²) in [6.07, 6.45) is 14.3. The van der Waals surface area contributed by atoms with E-state index in [2.05, 4.69) is 54.8 Å². The predicted octanol–water partition coefficient (Wildman–Crippen LogP) is 4.80. The lowest BCUT2D eigenvalue weighted by Gasteiger charge is -2.42. The van der Waals surface area contributed by atoms with Crippen LogP contribution in [0.4, 0.5) is 27.8 Å². The summed E-state index contributed by atoms with van der Waals surface area (Å²) in [6, 6.07) is 12.5. The number of urea groups is 1. The molecule has 5 N–H and O–H groups in total. The van der Waals surface area contributed by atoms with Crippen LogP contribution in [0.1, 0.15) is 74.3 Å². The van der Waals surface area contributed by atoms with Crippen LogP contribution in [0.15, 0.2) is 55.0 Å². The minimum atomic E-state index is -0.644. The van der Waals surface area contributed by atoms with Crippen LogP contribution in [0.5, 0.6) is 0 Å². The number of nitrogens with one attached hydrogen (secondary N) is 3. The van der Waals surface area contributed by atoms with Crippen molar-refractivity contribution in [1.82, 2.24) is 25.2 Å². The number of anilines is 4. The molecule has 1 aliphatic carbocycles. The molecule has 3 fully saturated rings. The number of primary amides is 1. The molecule has 0 radical (unpaired) electrons. The summed E-state index contributed by atoms with van der Waals surface area (Å²) in [5.41, 5.74) is 8.70. The van der Waals surface area contributed by atoms with E-state index in [4.69, 9.17) is 10.7 Å². The van der Waals surface area contributed by atoms with Gasteiger partial charge in [0.25, 0.3) is 5.91 Å². The SMILES string of the molecule is CC1(c2ccc(Nc3nc(N4CCCC(NC(=O)Nc5cccnc5)C4)cnc3C(N)=O)cc2)CCN(C2CCCC2)CC1. The molecule has 3 aliphatic rings. The molecule has 2 aliphatic heterocycles. The van der Waals surface area contributed by atoms with Crippen molar-refractivity contribution in [3.05, 3.63) is 66.2 Å². The molecule has 1 aromatic carbocycles. The van der Waals surface area contributed by atoms with Gasteiger partial charge >= 0.3 is 6.03 Å². The summed E-state index contributed by atoms with van der Waals surface area (Å²) in [5, 5.41) is 9.16. The maximum Gasteiger partial charge on any atom is 0.319 e. The van der Waals surface area contributed by atoms with Crippen molar-refractivity contribution < 1.29 is 9.59 Å². The number of piperidine rings is 2. The summed E-state index contributed by atoms with van der Waals surface area (Å²) in [6.45, 7) is 6.03. The molecule has 44 heavy (non-hydrogen) atoms. The Morgan fingerprint density at radius 3 is 2.43 bits per heavy atom. The Bertz CT molecular complexity index is 1440. The Balaban J connectivity index is 1.10. The molecule has 1 atom stereocenters. The highest BCUT2D eigenvalue weighted by Gasteiger charge is 2.34. The summed E-state index contributed by atoms with van der Waals surface area (Å²) >= 11 is 0. The van der Waals surface area contributed by atoms with Crippen LogP contribution in [-0.4, -0.2) is 70.1 Å². The Hall–Kier alpha value is -4.25. The maximum absolute atomic E-state index is 12.6. The highest BCUT2D eigenvalue weighted by Crippen LogP contribution is 2.38. The molecule has 1 saturated carbocycles. The minimum Gasteiger partial charge on any atom is -0.364 e. The number of carbonyl (C=O) groups excluding carboxylic acids is 2. The highest BCUT2D eigenvalue weighted by atomic mass is 16.2. The molecule has 4 heterocycles. The van der Waals surface area contributed by atoms with E-state index in [1.165, 1.54) is 31.2 Å². The van der Waals surface area contributed by atoms with E-state index in [-0.39, 0.29) is 23.2 Å². The number of nitrogens with two attached hydrogens (primary N) is 1. The van der Waals surface area contributed by atoms with E-state index in [0.29, 0.717) is 23.9 Å². The van der Waals surface area contributed by atoms with Crippen LogP contribution in [0.25, 0.3) is 0 Å². The number of carbonyl (C=O) groups is 2. The van der Waals surface area contributed by atoms with E-state index in [1.807, 2.05) is 12.1 Å². The molecule has 0 bridgehead atoms. The van der Waals surface area contributed by atoms with Crippen molar-refractivity contribution in [1.29, 1.82) is 0 Å². The lowest BCUT2D eigenvalue weighted by molar-refractivity contribution is 0.0996. The first-order valence-corrected chi connectivity index (χ1v) is 15.9. The summed E-state index contributed by atoms with van der Waals surface area (Å²) in [4.78, 5) is 42.8. The van der Waals surface area contributed by atoms with Gasteiger partial charge < -0.3 is 31.5 Å². The Morgan fingerprint density at radius 1 is 0.955 bits per heavy atom. The van der Waals surface area contributed by atoms with Gasteiger partial charge in [-0.2, -0.15) is 0 Å². The lowest BCUT2D eigenvalue weighted by atomic mass is 9.74. The number of hydrogen-bond acceptors (Lipinski definition) is 8. The van der Waals surface area contributed by atoms with E-state index < -0.39 is 5.91 Å². The maximum atomic E-state index is 12.6. The fraction of sp³-hybridized carbons (Fsp3) is 0.485. The monoisotopic (exact) mass is 597 g/mol. The number of nitrogens with zero attached hydrogens (tertiary/aromatic N) is 5. The fourth-order valence-electron chi connectivity index (χ4n) is 6.93. The zero-order valence-corrected chi connectivity index (χ0v) is 25.5. The highest BCUT2D eigenvalue weighted by molar-refractivity contribution is 5.96. The smallest absolute Gasteiger partial charge is 0.319 e. The summed E-state index contributed by atoms with van der Waals surface area (Å²) < 4.78 is 0. The molecule has 2 aromatic heterocycles. The normalized spacial score (nSPS) is 20.7. The molecule has 232 valence electrons. The van der Waals surface area contributed by atoms with Crippen molar-refractivity contribution >= 4 is 34.9 Å². The third kappa shape index (κ3) is 6.93. The van der Waals surface area contributed by atoms with Gasteiger partial charge in [0, 0.05) is 37.1 Å². The zero-order chi connectivity index (χ0) is 30.5. The largest absolute Gasteiger partial charge is 0.364 e. The number of aromatic nitrogens is 3. The van der Waals surface area contributed by atoms with E-state index in [0.717, 1.165) is 57.0 Å². The quantitative estimate of drug-likeness (QED) is 0.290. The predicted molar refractivity (Wildman–Crippen MR) is 172 cm³/mol. The van der Waals surface area contributed by atoms with E-state index in [9.17, 15) is 9.59 Å². The van der Waals surface area contributed by atoms with Crippen molar-refractivity contribution in [2.75, 3.05) is 41.7 Å². The van der Waals surface area contributed by atoms with Crippen LogP contribution < -0.4 is 26.6 Å². The lowest BCUT2D eigenvalue weighted by Crippen LogP contribution is -2.49. The van der Waals surface area contributed by atoms with E-state index >= 15 is 0 Å². The molecule has 6 rings (SSSR count). The number of hydrogen-bond donors (Lipinski definition) is 4. The van der Waals surface area contributed by atoms with Gasteiger partial charge in [-0.15, -0.1) is 0 Å². The summed E-state index contributed by atoms with van der Waals surface area (Å²) in [5.74, 6) is 0.299. The standard InChI is InChI=1S/C33H43N9O2/c1-33(14-18-41(19-15-33)27-8-2-3-9-27)23-10-12-24(13-11-23)37-31-29(30(34)43)36-21-28(40-31)42-17-5-7-26(22-42)39-32(44)38-25-6-4-16-35-20-25/h4,6,10-13,16,20-21,26-27H,2-3,5,7-9,14-15,17-19,22H2,1H3,(H2,34,43)(H,37,40)(H2,38,39,44). The van der Waals surface area contributed by atoms with Gasteiger partial charge in [-0.3, -0.25) is 9.78 Å². The molecule has 3 amide bonds. The number of benzene rings is 1. The second kappa shape index (κ2) is 13.2. The molecule has 11 heteroatoms. The topological polar surface area (TPSA) is 141 Å². The van der Waals surface area contributed by atoms with Crippen molar-refractivity contribution in [2.45, 2.75) is 75.8 Å². The second-order valence-electron chi connectivity index (χ2n) is 12.7. The first kappa shape index (κ1) is 29.8. The minimum absolute atomic E-state index is 0.0756. The first-order chi connectivity index (χ1) is 21.4. The second-order valence-corrected chi connectivity index (χ2v) is 12.7. The van der Waals surface area contributed by atoms with Crippen LogP contribution in [-0.2, 0) is 5.41 Å². The molecular weight excluding hydrogens is 554 g/mol. The average molecular weight is 598 g/mol. The van der Waals surface area contributed by atoms with Gasteiger partial charge in [-0.05, 0) is 86.9 Å². The molecule has 0 spiro atoms. The van der Waals surface area contributed by atoms with Crippen LogP contribution in [0, 0.1) is 0 Å². The van der Waals surface area contributed by atoms with Gasteiger partial charge in [0.05, 0.1) is 18.1 Å². The molecule has 11 nitrogen and oxygen atoms in total.